The van der Waals surface area contributed by atoms with Crippen molar-refractivity contribution in [3.05, 3.63) is 0 Å². The molecule has 0 fully saturated rings. The molecule has 0 bridgehead atoms. The van der Waals surface area contributed by atoms with Crippen molar-refractivity contribution in [1.29, 1.82) is 31.6 Å². The molecule has 0 aromatic carbocycles. The number of ether oxygens (including phenoxy) is 4. The lowest BCUT2D eigenvalue weighted by Crippen LogP contribution is -2.50. The van der Waals surface area contributed by atoms with Crippen LogP contribution in [0.4, 0.5) is 0 Å². The van der Waals surface area contributed by atoms with Gasteiger partial charge in [-0.15, -0.1) is 0 Å². The lowest BCUT2D eigenvalue weighted by atomic mass is 9.94. The molecule has 0 saturated carbocycles. The van der Waals surface area contributed by atoms with E-state index in [1.165, 1.54) is 0 Å². The van der Waals surface area contributed by atoms with Crippen molar-refractivity contribution in [2.45, 2.75) is 101 Å². The van der Waals surface area contributed by atoms with E-state index in [1.54, 1.807) is 0 Å². The van der Waals surface area contributed by atoms with Crippen molar-refractivity contribution in [2.75, 3.05) is 26.4 Å². The summed E-state index contributed by atoms with van der Waals surface area (Å²) in [5.74, 6) is 0. The Morgan fingerprint density at radius 1 is 0.389 bits per heavy atom. The Morgan fingerprint density at radius 3 is 1.00 bits per heavy atom. The number of unbranched alkanes of at least 4 members (excludes halogenated alkanes) is 4. The fraction of sp³-hybridized carbons (Fsp3) is 0.769. The summed E-state index contributed by atoms with van der Waals surface area (Å²) in [5, 5.41) is 53.8. The van der Waals surface area contributed by atoms with Gasteiger partial charge in [0.15, 0.2) is 0 Å². The predicted octanol–water partition coefficient (Wildman–Crippen LogP) is 4.35. The van der Waals surface area contributed by atoms with Gasteiger partial charge in [0.05, 0.1) is 101 Å². The molecule has 4 atom stereocenters. The van der Waals surface area contributed by atoms with E-state index in [0.717, 1.165) is 0 Å². The molecule has 0 aromatic heterocycles. The Morgan fingerprint density at radius 2 is 0.694 bits per heavy atom. The van der Waals surface area contributed by atoms with Crippen molar-refractivity contribution in [1.82, 2.24) is 0 Å². The summed E-state index contributed by atoms with van der Waals surface area (Å²) >= 11 is 0. The molecule has 0 aromatic rings. The fourth-order valence-corrected chi connectivity index (χ4v) is 3.60. The van der Waals surface area contributed by atoms with Crippen LogP contribution in [0.25, 0.3) is 0 Å². The quantitative estimate of drug-likeness (QED) is 0.184. The van der Waals surface area contributed by atoms with E-state index in [1.807, 2.05) is 0 Å². The summed E-state index contributed by atoms with van der Waals surface area (Å²) in [6.07, 6.45) is 3.00. The van der Waals surface area contributed by atoms with Gasteiger partial charge in [-0.1, -0.05) is 0 Å². The van der Waals surface area contributed by atoms with Crippen molar-refractivity contribution >= 4 is 0 Å². The van der Waals surface area contributed by atoms with Crippen molar-refractivity contribution in [2.24, 2.45) is 0 Å². The van der Waals surface area contributed by atoms with Gasteiger partial charge in [-0.3, -0.25) is 0 Å². The van der Waals surface area contributed by atoms with Crippen LogP contribution >= 0.6 is 0 Å². The first-order chi connectivity index (χ1) is 17.7. The Labute approximate surface area is 215 Å². The minimum Gasteiger partial charge on any atom is -0.374 e. The monoisotopic (exact) mass is 496 g/mol. The molecule has 10 heteroatoms. The van der Waals surface area contributed by atoms with E-state index in [9.17, 15) is 0 Å². The molecule has 0 radical (unpaired) electrons. The van der Waals surface area contributed by atoms with E-state index in [4.69, 9.17) is 50.5 Å². The normalized spacial score (nSPS) is 13.5. The maximum absolute atomic E-state index is 9.05. The van der Waals surface area contributed by atoms with Crippen LogP contribution in [0, 0.1) is 68.0 Å². The minimum absolute atomic E-state index is 0.134. The predicted molar refractivity (Wildman–Crippen MR) is 128 cm³/mol. The van der Waals surface area contributed by atoms with Gasteiger partial charge in [-0.2, -0.15) is 31.6 Å². The lowest BCUT2D eigenvalue weighted by Gasteiger charge is -2.37. The van der Waals surface area contributed by atoms with Gasteiger partial charge in [0.1, 0.15) is 12.2 Å². The molecule has 0 rings (SSSR count). The topological polar surface area (TPSA) is 180 Å². The Bertz CT molecular complexity index is 743. The van der Waals surface area contributed by atoms with Crippen LogP contribution in [-0.2, 0) is 18.9 Å². The average molecular weight is 497 g/mol. The standard InChI is InChI=1S/C26H36N6O4/c27-13-5-1-3-11-23(33-19-7-15-29)25(35-21-9-17-31)26(36-22-10-18-32)24(34-20-8-16-30)12-4-2-6-14-28/h23-26H,1-12,19-22H2. The fourth-order valence-electron chi connectivity index (χ4n) is 3.60. The highest BCUT2D eigenvalue weighted by Crippen LogP contribution is 2.25. The van der Waals surface area contributed by atoms with Gasteiger partial charge in [-0.05, 0) is 38.5 Å². The first kappa shape index (κ1) is 32.8. The van der Waals surface area contributed by atoms with Crippen LogP contribution in [0.5, 0.6) is 0 Å². The van der Waals surface area contributed by atoms with Gasteiger partial charge < -0.3 is 18.9 Å². The van der Waals surface area contributed by atoms with Crippen LogP contribution in [0.3, 0.4) is 0 Å². The van der Waals surface area contributed by atoms with Crippen LogP contribution in [0.1, 0.15) is 77.0 Å². The Hall–Kier alpha value is -3.22. The molecule has 194 valence electrons. The summed E-state index contributed by atoms with van der Waals surface area (Å²) in [6.45, 7) is 0.638. The molecular formula is C26H36N6O4. The molecule has 36 heavy (non-hydrogen) atoms. The molecule has 0 saturated heterocycles. The number of hydrogen-bond acceptors (Lipinski definition) is 10. The largest absolute Gasteiger partial charge is 0.374 e. The summed E-state index contributed by atoms with van der Waals surface area (Å²) in [4.78, 5) is 0. The Kier molecular flexibility index (Phi) is 22.7. The molecule has 0 aliphatic heterocycles. The third-order valence-corrected chi connectivity index (χ3v) is 5.25. The van der Waals surface area contributed by atoms with E-state index >= 15 is 0 Å². The van der Waals surface area contributed by atoms with Gasteiger partial charge in [0, 0.05) is 12.8 Å². The van der Waals surface area contributed by atoms with E-state index < -0.39 is 24.4 Å². The zero-order valence-electron chi connectivity index (χ0n) is 20.9. The summed E-state index contributed by atoms with van der Waals surface area (Å²) in [6, 6.07) is 12.5. The van der Waals surface area contributed by atoms with Crippen molar-refractivity contribution in [3.8, 4) is 36.4 Å². The van der Waals surface area contributed by atoms with Crippen molar-refractivity contribution < 1.29 is 18.9 Å². The number of nitrogens with zero attached hydrogens (tertiary/aromatic N) is 6. The van der Waals surface area contributed by atoms with Crippen molar-refractivity contribution in [3.63, 3.8) is 0 Å². The van der Waals surface area contributed by atoms with Gasteiger partial charge in [-0.25, -0.2) is 0 Å². The van der Waals surface area contributed by atoms with Crippen LogP contribution < -0.4 is 0 Å². The van der Waals surface area contributed by atoms with E-state index in [2.05, 4.69) is 36.4 Å². The van der Waals surface area contributed by atoms with Gasteiger partial charge in [0.25, 0.3) is 0 Å². The molecule has 10 nitrogen and oxygen atoms in total. The number of hydrogen-bond donors (Lipinski definition) is 0. The van der Waals surface area contributed by atoms with Crippen LogP contribution in [0.2, 0.25) is 0 Å². The summed E-state index contributed by atoms with van der Waals surface area (Å²) in [5.41, 5.74) is 0. The average Bonchev–Trinajstić information content (AvgIpc) is 2.88. The van der Waals surface area contributed by atoms with Gasteiger partial charge in [0.2, 0.25) is 0 Å². The summed E-state index contributed by atoms with van der Waals surface area (Å²) < 4.78 is 24.4. The third-order valence-electron chi connectivity index (χ3n) is 5.25. The lowest BCUT2D eigenvalue weighted by molar-refractivity contribution is -0.180. The SMILES string of the molecule is N#CCCCCC(OCCC#N)C(OCCC#N)C(OCCC#N)C(CCCCC#N)OCCC#N. The number of rotatable bonds is 23. The second-order valence-electron chi connectivity index (χ2n) is 7.93. The smallest absolute Gasteiger partial charge is 0.112 e. The first-order valence-corrected chi connectivity index (χ1v) is 12.4. The van der Waals surface area contributed by atoms with Crippen LogP contribution in [-0.4, -0.2) is 50.8 Å². The maximum Gasteiger partial charge on any atom is 0.112 e. The van der Waals surface area contributed by atoms with Crippen LogP contribution in [0.15, 0.2) is 0 Å². The Balaban J connectivity index is 6.02. The zero-order chi connectivity index (χ0) is 26.7. The zero-order valence-corrected chi connectivity index (χ0v) is 20.9. The molecular weight excluding hydrogens is 460 g/mol. The molecule has 0 N–H and O–H groups in total. The second kappa shape index (κ2) is 24.9. The molecule has 0 aliphatic rings. The van der Waals surface area contributed by atoms with E-state index in [0.29, 0.717) is 51.4 Å². The highest BCUT2D eigenvalue weighted by atomic mass is 16.6. The molecule has 0 amide bonds. The molecule has 4 unspecified atom stereocenters. The maximum atomic E-state index is 9.05. The van der Waals surface area contributed by atoms with E-state index in [-0.39, 0.29) is 52.1 Å². The minimum atomic E-state index is -0.666. The summed E-state index contributed by atoms with van der Waals surface area (Å²) in [7, 11) is 0. The second-order valence-corrected chi connectivity index (χ2v) is 7.93. The van der Waals surface area contributed by atoms with Gasteiger partial charge >= 0.3 is 0 Å². The highest BCUT2D eigenvalue weighted by molar-refractivity contribution is 4.89. The number of nitriles is 6. The molecule has 0 spiro atoms. The molecule has 0 heterocycles. The third kappa shape index (κ3) is 16.4. The first-order valence-electron chi connectivity index (χ1n) is 12.4. The highest BCUT2D eigenvalue weighted by Gasteiger charge is 2.37. The molecule has 0 aliphatic carbocycles.